The molecule has 0 spiro atoms. The molecule has 122 valence electrons. The van der Waals surface area contributed by atoms with E-state index in [1.165, 1.54) is 0 Å². The zero-order valence-corrected chi connectivity index (χ0v) is 13.8. The molecule has 3 aromatic rings. The predicted octanol–water partition coefficient (Wildman–Crippen LogP) is 4.93. The molecule has 1 aliphatic carbocycles. The van der Waals surface area contributed by atoms with Crippen molar-refractivity contribution in [1.82, 2.24) is 0 Å². The van der Waals surface area contributed by atoms with E-state index in [1.807, 2.05) is 66.7 Å². The van der Waals surface area contributed by atoms with Gasteiger partial charge in [-0.05, 0) is 12.0 Å². The summed E-state index contributed by atoms with van der Waals surface area (Å²) < 4.78 is 0. The van der Waals surface area contributed by atoms with Crippen LogP contribution >= 0.6 is 0 Å². The van der Waals surface area contributed by atoms with Gasteiger partial charge in [-0.15, -0.1) is 0 Å². The predicted molar refractivity (Wildman–Crippen MR) is 97.8 cm³/mol. The minimum Gasteiger partial charge on any atom is -0.293 e. The van der Waals surface area contributed by atoms with Crippen molar-refractivity contribution in [2.24, 2.45) is 5.41 Å². The SMILES string of the molecule is O=C(c1ccccc1)C1(C(=O)c2ccccc2)C[C@H]1c1ccccc1. The molecule has 0 heterocycles. The molecular formula is C23H18O2. The molecule has 0 unspecified atom stereocenters. The summed E-state index contributed by atoms with van der Waals surface area (Å²) in [5, 5.41) is 0. The number of hydrogen-bond acceptors (Lipinski definition) is 2. The number of ketones is 2. The van der Waals surface area contributed by atoms with Crippen molar-refractivity contribution in [3.05, 3.63) is 108 Å². The van der Waals surface area contributed by atoms with Crippen LogP contribution in [0.1, 0.15) is 38.6 Å². The van der Waals surface area contributed by atoms with Crippen LogP contribution in [0.3, 0.4) is 0 Å². The van der Waals surface area contributed by atoms with Crippen molar-refractivity contribution in [1.29, 1.82) is 0 Å². The number of carbonyl (C=O) groups is 2. The summed E-state index contributed by atoms with van der Waals surface area (Å²) in [6.07, 6.45) is 0.568. The van der Waals surface area contributed by atoms with Crippen molar-refractivity contribution in [2.45, 2.75) is 12.3 Å². The first-order valence-corrected chi connectivity index (χ1v) is 8.48. The fourth-order valence-corrected chi connectivity index (χ4v) is 3.65. The molecule has 0 aromatic heterocycles. The summed E-state index contributed by atoms with van der Waals surface area (Å²) in [6, 6.07) is 28.2. The number of benzene rings is 3. The maximum Gasteiger partial charge on any atom is 0.177 e. The van der Waals surface area contributed by atoms with Gasteiger partial charge < -0.3 is 0 Å². The van der Waals surface area contributed by atoms with Gasteiger partial charge in [0.25, 0.3) is 0 Å². The maximum atomic E-state index is 13.3. The van der Waals surface area contributed by atoms with Crippen LogP contribution in [-0.4, -0.2) is 11.6 Å². The Bertz CT molecular complexity index is 847. The van der Waals surface area contributed by atoms with E-state index in [1.54, 1.807) is 24.3 Å². The zero-order chi connectivity index (χ0) is 17.3. The summed E-state index contributed by atoms with van der Waals surface area (Å²) in [4.78, 5) is 26.6. The minimum atomic E-state index is -0.982. The molecule has 3 aromatic carbocycles. The first-order valence-electron chi connectivity index (χ1n) is 8.48. The Morgan fingerprint density at radius 1 is 0.640 bits per heavy atom. The summed E-state index contributed by atoms with van der Waals surface area (Å²) >= 11 is 0. The highest BCUT2D eigenvalue weighted by atomic mass is 16.2. The van der Waals surface area contributed by atoms with E-state index in [4.69, 9.17) is 0 Å². The van der Waals surface area contributed by atoms with Crippen molar-refractivity contribution in [3.63, 3.8) is 0 Å². The highest BCUT2D eigenvalue weighted by Crippen LogP contribution is 2.62. The normalized spacial score (nSPS) is 17.7. The molecule has 0 N–H and O–H groups in total. The standard InChI is InChI=1S/C23H18O2/c24-21(18-12-6-2-7-13-18)23(22(25)19-14-8-3-9-15-19)16-20(23)17-10-4-1-5-11-17/h1-15,20H,16H2/t20-/m0/s1. The number of Topliss-reactive ketones (excluding diaryl/α,β-unsaturated/α-hetero) is 2. The second-order valence-corrected chi connectivity index (χ2v) is 6.53. The Morgan fingerprint density at radius 3 is 1.48 bits per heavy atom. The molecule has 25 heavy (non-hydrogen) atoms. The van der Waals surface area contributed by atoms with Crippen LogP contribution in [0.2, 0.25) is 0 Å². The average Bonchev–Trinajstić information content (AvgIpc) is 3.46. The van der Waals surface area contributed by atoms with Crippen LogP contribution in [0.4, 0.5) is 0 Å². The Kier molecular flexibility index (Phi) is 3.81. The monoisotopic (exact) mass is 326 g/mol. The number of hydrogen-bond donors (Lipinski definition) is 0. The van der Waals surface area contributed by atoms with E-state index >= 15 is 0 Å². The van der Waals surface area contributed by atoms with Crippen molar-refractivity contribution >= 4 is 11.6 Å². The molecule has 1 saturated carbocycles. The molecule has 1 aliphatic rings. The average molecular weight is 326 g/mol. The van der Waals surface area contributed by atoms with E-state index in [2.05, 4.69) is 0 Å². The number of carbonyl (C=O) groups excluding carboxylic acids is 2. The third-order valence-corrected chi connectivity index (χ3v) is 5.05. The van der Waals surface area contributed by atoms with Gasteiger partial charge in [-0.25, -0.2) is 0 Å². The first kappa shape index (κ1) is 15.5. The van der Waals surface area contributed by atoms with Gasteiger partial charge in [0.2, 0.25) is 0 Å². The highest BCUT2D eigenvalue weighted by Gasteiger charge is 2.65. The molecule has 0 aliphatic heterocycles. The van der Waals surface area contributed by atoms with Crippen LogP contribution in [0, 0.1) is 5.41 Å². The molecule has 4 rings (SSSR count). The molecule has 2 nitrogen and oxygen atoms in total. The molecular weight excluding hydrogens is 308 g/mol. The third-order valence-electron chi connectivity index (χ3n) is 5.05. The lowest BCUT2D eigenvalue weighted by atomic mass is 9.83. The second-order valence-electron chi connectivity index (χ2n) is 6.53. The fraction of sp³-hybridized carbons (Fsp3) is 0.130. The minimum absolute atomic E-state index is 0.0610. The maximum absolute atomic E-state index is 13.3. The van der Waals surface area contributed by atoms with Crippen molar-refractivity contribution < 1.29 is 9.59 Å². The Balaban J connectivity index is 1.78. The van der Waals surface area contributed by atoms with Crippen LogP contribution in [-0.2, 0) is 0 Å². The van der Waals surface area contributed by atoms with E-state index < -0.39 is 5.41 Å². The van der Waals surface area contributed by atoms with Gasteiger partial charge in [0.05, 0.1) is 0 Å². The summed E-state index contributed by atoms with van der Waals surface area (Å²) in [5.74, 6) is -0.208. The van der Waals surface area contributed by atoms with Crippen molar-refractivity contribution in [3.8, 4) is 0 Å². The van der Waals surface area contributed by atoms with E-state index in [0.717, 1.165) is 5.56 Å². The molecule has 1 fully saturated rings. The van der Waals surface area contributed by atoms with Gasteiger partial charge >= 0.3 is 0 Å². The van der Waals surface area contributed by atoms with Crippen LogP contribution in [0.25, 0.3) is 0 Å². The second kappa shape index (κ2) is 6.14. The largest absolute Gasteiger partial charge is 0.293 e. The Hall–Kier alpha value is -3.00. The van der Waals surface area contributed by atoms with E-state index in [-0.39, 0.29) is 17.5 Å². The highest BCUT2D eigenvalue weighted by molar-refractivity contribution is 6.23. The molecule has 0 radical (unpaired) electrons. The van der Waals surface area contributed by atoms with Gasteiger partial charge in [0, 0.05) is 17.0 Å². The van der Waals surface area contributed by atoms with Gasteiger partial charge in [-0.3, -0.25) is 9.59 Å². The smallest absolute Gasteiger partial charge is 0.177 e. The number of rotatable bonds is 5. The van der Waals surface area contributed by atoms with Crippen molar-refractivity contribution in [2.75, 3.05) is 0 Å². The van der Waals surface area contributed by atoms with Crippen LogP contribution < -0.4 is 0 Å². The van der Waals surface area contributed by atoms with Gasteiger partial charge in [-0.1, -0.05) is 91.0 Å². The summed E-state index contributed by atoms with van der Waals surface area (Å²) in [6.45, 7) is 0. The molecule has 0 saturated heterocycles. The first-order chi connectivity index (χ1) is 12.2. The van der Waals surface area contributed by atoms with E-state index in [0.29, 0.717) is 17.5 Å². The summed E-state index contributed by atoms with van der Waals surface area (Å²) in [7, 11) is 0. The Morgan fingerprint density at radius 2 is 1.04 bits per heavy atom. The lowest BCUT2D eigenvalue weighted by molar-refractivity contribution is 0.0776. The molecule has 0 amide bonds. The third kappa shape index (κ3) is 2.60. The van der Waals surface area contributed by atoms with Gasteiger partial charge in [-0.2, -0.15) is 0 Å². The van der Waals surface area contributed by atoms with Crippen LogP contribution in [0.15, 0.2) is 91.0 Å². The van der Waals surface area contributed by atoms with Gasteiger partial charge in [0.1, 0.15) is 5.41 Å². The quantitative estimate of drug-likeness (QED) is 0.492. The molecule has 1 atom stereocenters. The van der Waals surface area contributed by atoms with Gasteiger partial charge in [0.15, 0.2) is 11.6 Å². The summed E-state index contributed by atoms with van der Waals surface area (Å²) in [5.41, 5.74) is 1.27. The topological polar surface area (TPSA) is 34.1 Å². The molecule has 2 heteroatoms. The lowest BCUT2D eigenvalue weighted by Crippen LogP contribution is -2.28. The Labute approximate surface area is 147 Å². The van der Waals surface area contributed by atoms with E-state index in [9.17, 15) is 9.59 Å². The zero-order valence-electron chi connectivity index (χ0n) is 13.8. The van der Waals surface area contributed by atoms with Crippen LogP contribution in [0.5, 0.6) is 0 Å². The fourth-order valence-electron chi connectivity index (χ4n) is 3.65. The molecule has 0 bridgehead atoms. The lowest BCUT2D eigenvalue weighted by Gasteiger charge is -2.16.